The van der Waals surface area contributed by atoms with Gasteiger partial charge in [-0.3, -0.25) is 0 Å². The van der Waals surface area contributed by atoms with Gasteiger partial charge in [0.25, 0.3) is 0 Å². The molecule has 1 aromatic rings. The molecule has 0 radical (unpaired) electrons. The Bertz CT molecular complexity index is 395. The molecule has 0 heterocycles. The predicted octanol–water partition coefficient (Wildman–Crippen LogP) is 4.19. The second-order valence-corrected chi connectivity index (χ2v) is 6.70. The van der Waals surface area contributed by atoms with Gasteiger partial charge in [0.2, 0.25) is 0 Å². The van der Waals surface area contributed by atoms with E-state index < -0.39 is 0 Å². The van der Waals surface area contributed by atoms with E-state index in [-0.39, 0.29) is 12.1 Å². The first-order valence-corrected chi connectivity index (χ1v) is 7.86. The Labute approximate surface area is 130 Å². The SMILES string of the molecule is CCNC(c1ccc(OC)cc1)C(C)OCCC(C)(C)C. The summed E-state index contributed by atoms with van der Waals surface area (Å²) in [5, 5.41) is 3.52. The van der Waals surface area contributed by atoms with Crippen molar-refractivity contribution in [3.63, 3.8) is 0 Å². The summed E-state index contributed by atoms with van der Waals surface area (Å²) in [7, 11) is 1.69. The van der Waals surface area contributed by atoms with Crippen molar-refractivity contribution in [2.24, 2.45) is 5.41 Å². The first kappa shape index (κ1) is 18.0. The molecule has 120 valence electrons. The number of benzene rings is 1. The van der Waals surface area contributed by atoms with Gasteiger partial charge in [-0.15, -0.1) is 0 Å². The van der Waals surface area contributed by atoms with Crippen LogP contribution >= 0.6 is 0 Å². The van der Waals surface area contributed by atoms with Crippen molar-refractivity contribution in [1.82, 2.24) is 5.32 Å². The number of rotatable bonds is 8. The van der Waals surface area contributed by atoms with Crippen LogP contribution in [0.15, 0.2) is 24.3 Å². The molecule has 0 spiro atoms. The Kier molecular flexibility index (Phi) is 7.20. The van der Waals surface area contributed by atoms with Crippen molar-refractivity contribution in [3.8, 4) is 5.75 Å². The number of ether oxygens (including phenoxy) is 2. The predicted molar refractivity (Wildman–Crippen MR) is 88.9 cm³/mol. The largest absolute Gasteiger partial charge is 0.497 e. The summed E-state index contributed by atoms with van der Waals surface area (Å²) in [4.78, 5) is 0. The zero-order valence-corrected chi connectivity index (χ0v) is 14.4. The summed E-state index contributed by atoms with van der Waals surface area (Å²) in [6, 6.07) is 8.43. The molecule has 0 fully saturated rings. The smallest absolute Gasteiger partial charge is 0.118 e. The second-order valence-electron chi connectivity index (χ2n) is 6.70. The van der Waals surface area contributed by atoms with E-state index in [2.05, 4.69) is 52.1 Å². The standard InChI is InChI=1S/C18H31NO2/c1-7-19-17(14(2)21-13-12-18(3,4)5)15-8-10-16(20-6)11-9-15/h8-11,14,17,19H,7,12-13H2,1-6H3. The van der Waals surface area contributed by atoms with E-state index in [1.54, 1.807) is 7.11 Å². The molecule has 0 aromatic heterocycles. The Morgan fingerprint density at radius 3 is 2.24 bits per heavy atom. The highest BCUT2D eigenvalue weighted by atomic mass is 16.5. The van der Waals surface area contributed by atoms with Gasteiger partial charge in [0, 0.05) is 6.61 Å². The van der Waals surface area contributed by atoms with Crippen LogP contribution in [0.1, 0.15) is 52.6 Å². The minimum Gasteiger partial charge on any atom is -0.497 e. The molecular formula is C18H31NO2. The Morgan fingerprint density at radius 2 is 1.76 bits per heavy atom. The van der Waals surface area contributed by atoms with Gasteiger partial charge in [-0.05, 0) is 43.0 Å². The van der Waals surface area contributed by atoms with Gasteiger partial charge in [-0.25, -0.2) is 0 Å². The van der Waals surface area contributed by atoms with Gasteiger partial charge in [-0.2, -0.15) is 0 Å². The molecule has 1 aromatic carbocycles. The van der Waals surface area contributed by atoms with E-state index in [0.29, 0.717) is 5.41 Å². The molecule has 0 saturated heterocycles. The maximum atomic E-state index is 6.05. The average Bonchev–Trinajstić information content (AvgIpc) is 2.43. The number of methoxy groups -OCH3 is 1. The topological polar surface area (TPSA) is 30.5 Å². The van der Waals surface area contributed by atoms with Gasteiger partial charge in [0.1, 0.15) is 5.75 Å². The third-order valence-electron chi connectivity index (χ3n) is 3.60. The molecule has 3 nitrogen and oxygen atoms in total. The lowest BCUT2D eigenvalue weighted by Gasteiger charge is -2.27. The van der Waals surface area contributed by atoms with Crippen LogP contribution in [0.4, 0.5) is 0 Å². The first-order valence-electron chi connectivity index (χ1n) is 7.86. The van der Waals surface area contributed by atoms with Crippen molar-refractivity contribution < 1.29 is 9.47 Å². The molecule has 1 rings (SSSR count). The minimum atomic E-state index is 0.140. The van der Waals surface area contributed by atoms with E-state index in [9.17, 15) is 0 Å². The van der Waals surface area contributed by atoms with Crippen molar-refractivity contribution in [2.75, 3.05) is 20.3 Å². The summed E-state index contributed by atoms with van der Waals surface area (Å²) >= 11 is 0. The maximum absolute atomic E-state index is 6.05. The Balaban J connectivity index is 2.66. The van der Waals surface area contributed by atoms with Crippen molar-refractivity contribution in [2.45, 2.75) is 53.2 Å². The van der Waals surface area contributed by atoms with Crippen molar-refractivity contribution >= 4 is 0 Å². The van der Waals surface area contributed by atoms with Crippen LogP contribution in [0.25, 0.3) is 0 Å². The summed E-state index contributed by atoms with van der Waals surface area (Å²) in [6.45, 7) is 12.7. The van der Waals surface area contributed by atoms with Gasteiger partial charge in [0.15, 0.2) is 0 Å². The fourth-order valence-electron chi connectivity index (χ4n) is 2.23. The fraction of sp³-hybridized carbons (Fsp3) is 0.667. The van der Waals surface area contributed by atoms with Gasteiger partial charge in [-0.1, -0.05) is 39.8 Å². The molecule has 0 amide bonds. The zero-order chi connectivity index (χ0) is 15.9. The minimum absolute atomic E-state index is 0.140. The normalized spacial score (nSPS) is 14.8. The number of hydrogen-bond acceptors (Lipinski definition) is 3. The van der Waals surface area contributed by atoms with E-state index in [0.717, 1.165) is 25.3 Å². The molecule has 1 N–H and O–H groups in total. The van der Waals surface area contributed by atoms with Crippen LogP contribution in [0.2, 0.25) is 0 Å². The highest BCUT2D eigenvalue weighted by molar-refractivity contribution is 5.29. The highest BCUT2D eigenvalue weighted by Crippen LogP contribution is 2.24. The average molecular weight is 293 g/mol. The number of likely N-dealkylation sites (N-methyl/N-ethyl adjacent to an activating group) is 1. The maximum Gasteiger partial charge on any atom is 0.118 e. The lowest BCUT2D eigenvalue weighted by molar-refractivity contribution is 0.0252. The fourth-order valence-corrected chi connectivity index (χ4v) is 2.23. The second kappa shape index (κ2) is 8.40. The molecule has 21 heavy (non-hydrogen) atoms. The van der Waals surface area contributed by atoms with Crippen LogP contribution in [0.5, 0.6) is 5.75 Å². The van der Waals surface area contributed by atoms with E-state index in [1.165, 1.54) is 5.56 Å². The van der Waals surface area contributed by atoms with Crippen molar-refractivity contribution in [3.05, 3.63) is 29.8 Å². The van der Waals surface area contributed by atoms with Crippen LogP contribution in [0.3, 0.4) is 0 Å². The zero-order valence-electron chi connectivity index (χ0n) is 14.4. The molecule has 0 aliphatic heterocycles. The van der Waals surface area contributed by atoms with Gasteiger partial charge in [0.05, 0.1) is 19.3 Å². The molecular weight excluding hydrogens is 262 g/mol. The van der Waals surface area contributed by atoms with Crippen molar-refractivity contribution in [1.29, 1.82) is 0 Å². The monoisotopic (exact) mass is 293 g/mol. The lowest BCUT2D eigenvalue weighted by Crippen LogP contribution is -2.32. The van der Waals surface area contributed by atoms with E-state index in [4.69, 9.17) is 9.47 Å². The van der Waals surface area contributed by atoms with Gasteiger partial charge >= 0.3 is 0 Å². The third-order valence-corrected chi connectivity index (χ3v) is 3.60. The number of hydrogen-bond donors (Lipinski definition) is 1. The van der Waals surface area contributed by atoms with Crippen LogP contribution in [-0.2, 0) is 4.74 Å². The Hall–Kier alpha value is -1.06. The van der Waals surface area contributed by atoms with Crippen LogP contribution in [-0.4, -0.2) is 26.4 Å². The van der Waals surface area contributed by atoms with E-state index >= 15 is 0 Å². The highest BCUT2D eigenvalue weighted by Gasteiger charge is 2.20. The molecule has 2 atom stereocenters. The quantitative estimate of drug-likeness (QED) is 0.779. The number of nitrogens with one attached hydrogen (secondary N) is 1. The summed E-state index contributed by atoms with van der Waals surface area (Å²) in [6.07, 6.45) is 1.21. The van der Waals surface area contributed by atoms with Crippen LogP contribution in [0, 0.1) is 5.41 Å². The van der Waals surface area contributed by atoms with E-state index in [1.807, 2.05) is 12.1 Å². The summed E-state index contributed by atoms with van der Waals surface area (Å²) in [5.74, 6) is 0.885. The molecule has 2 unspecified atom stereocenters. The third kappa shape index (κ3) is 6.49. The van der Waals surface area contributed by atoms with Crippen LogP contribution < -0.4 is 10.1 Å². The summed E-state index contributed by atoms with van der Waals surface area (Å²) < 4.78 is 11.3. The first-order chi connectivity index (χ1) is 9.87. The summed E-state index contributed by atoms with van der Waals surface area (Å²) in [5.41, 5.74) is 1.55. The lowest BCUT2D eigenvalue weighted by atomic mass is 9.93. The molecule has 0 aliphatic rings. The van der Waals surface area contributed by atoms with Gasteiger partial charge < -0.3 is 14.8 Å². The molecule has 0 aliphatic carbocycles. The molecule has 3 heteroatoms. The molecule has 0 bridgehead atoms. The Morgan fingerprint density at radius 1 is 1.14 bits per heavy atom. The molecule has 0 saturated carbocycles.